The summed E-state index contributed by atoms with van der Waals surface area (Å²) >= 11 is 0. The van der Waals surface area contributed by atoms with Gasteiger partial charge in [-0.15, -0.1) is 0 Å². The Morgan fingerprint density at radius 2 is 2.12 bits per heavy atom. The van der Waals surface area contributed by atoms with E-state index in [4.69, 9.17) is 0 Å². The molecule has 2 heterocycles. The van der Waals surface area contributed by atoms with Crippen molar-refractivity contribution >= 4 is 32.7 Å². The summed E-state index contributed by atoms with van der Waals surface area (Å²) in [6.45, 7) is 1.60. The zero-order chi connectivity index (χ0) is 18.0. The Hall–Kier alpha value is -3.20. The highest BCUT2D eigenvalue weighted by molar-refractivity contribution is 7.95. The lowest BCUT2D eigenvalue weighted by Gasteiger charge is -2.08. The van der Waals surface area contributed by atoms with Crippen LogP contribution in [0, 0.1) is 0 Å². The van der Waals surface area contributed by atoms with E-state index in [1.165, 1.54) is 18.6 Å². The number of carbonyl (C=O) groups is 1. The molecular formula is C16H14N4O4S. The second-order valence-corrected chi connectivity index (χ2v) is 6.72. The van der Waals surface area contributed by atoms with Gasteiger partial charge in [0, 0.05) is 22.9 Å². The number of aromatic amines is 1. The van der Waals surface area contributed by atoms with Crippen molar-refractivity contribution in [3.05, 3.63) is 53.8 Å². The van der Waals surface area contributed by atoms with Crippen molar-refractivity contribution in [3.63, 3.8) is 0 Å². The molecule has 0 bridgehead atoms. The molecule has 0 saturated carbocycles. The fraction of sp³-hybridized carbons (Fsp3) is 0.0625. The topological polar surface area (TPSA) is 125 Å². The number of nitrogens with one attached hydrogen (secondary N) is 2. The molecule has 8 nitrogen and oxygen atoms in total. The van der Waals surface area contributed by atoms with Gasteiger partial charge in [-0.2, -0.15) is 0 Å². The summed E-state index contributed by atoms with van der Waals surface area (Å²) < 4.78 is 26.1. The lowest BCUT2D eigenvalue weighted by molar-refractivity contribution is 0.0699. The largest absolute Gasteiger partial charge is 0.478 e. The molecule has 3 aromatic rings. The minimum atomic E-state index is -3.60. The van der Waals surface area contributed by atoms with E-state index >= 15 is 0 Å². The number of sulfonamides is 1. The van der Waals surface area contributed by atoms with E-state index in [9.17, 15) is 18.3 Å². The predicted molar refractivity (Wildman–Crippen MR) is 93.6 cm³/mol. The van der Waals surface area contributed by atoms with E-state index in [0.29, 0.717) is 28.0 Å². The summed E-state index contributed by atoms with van der Waals surface area (Å²) in [4.78, 5) is 22.4. The molecule has 1 aromatic carbocycles. The van der Waals surface area contributed by atoms with Crippen molar-refractivity contribution in [1.29, 1.82) is 0 Å². The maximum Gasteiger partial charge on any atom is 0.338 e. The lowest BCUT2D eigenvalue weighted by Crippen LogP contribution is -2.08. The van der Waals surface area contributed by atoms with E-state index in [1.807, 2.05) is 0 Å². The highest BCUT2D eigenvalue weighted by Crippen LogP contribution is 2.29. The molecule has 2 aromatic heterocycles. The minimum absolute atomic E-state index is 0.0468. The van der Waals surface area contributed by atoms with Crippen LogP contribution in [-0.4, -0.2) is 34.4 Å². The van der Waals surface area contributed by atoms with Crippen LogP contribution in [0.5, 0.6) is 0 Å². The monoisotopic (exact) mass is 358 g/mol. The number of rotatable bonds is 5. The molecule has 3 N–H and O–H groups in total. The number of benzene rings is 1. The van der Waals surface area contributed by atoms with E-state index in [2.05, 4.69) is 19.7 Å². The highest BCUT2D eigenvalue weighted by atomic mass is 32.2. The number of hydrogen-bond donors (Lipinski definition) is 3. The van der Waals surface area contributed by atoms with Gasteiger partial charge in [0.2, 0.25) is 0 Å². The predicted octanol–water partition coefficient (Wildman–Crippen LogP) is 2.60. The first-order chi connectivity index (χ1) is 11.9. The molecule has 25 heavy (non-hydrogen) atoms. The number of anilines is 1. The van der Waals surface area contributed by atoms with Crippen LogP contribution in [0.1, 0.15) is 17.3 Å². The summed E-state index contributed by atoms with van der Waals surface area (Å²) in [5.41, 5.74) is 1.74. The molecule has 0 spiro atoms. The van der Waals surface area contributed by atoms with Crippen LogP contribution in [0.2, 0.25) is 0 Å². The van der Waals surface area contributed by atoms with Crippen molar-refractivity contribution in [3.8, 4) is 11.3 Å². The van der Waals surface area contributed by atoms with Crippen LogP contribution < -0.4 is 4.72 Å². The number of aromatic carboxylic acids is 1. The first-order valence-electron chi connectivity index (χ1n) is 7.22. The Labute approximate surface area is 143 Å². The quantitative estimate of drug-likeness (QED) is 0.644. The van der Waals surface area contributed by atoms with Crippen LogP contribution in [0.25, 0.3) is 22.3 Å². The molecule has 3 rings (SSSR count). The third kappa shape index (κ3) is 3.36. The maximum absolute atomic E-state index is 11.9. The first-order valence-corrected chi connectivity index (χ1v) is 8.77. The van der Waals surface area contributed by atoms with Crippen LogP contribution in [0.4, 0.5) is 5.69 Å². The van der Waals surface area contributed by atoms with E-state index < -0.39 is 16.0 Å². The fourth-order valence-corrected chi connectivity index (χ4v) is 3.34. The summed E-state index contributed by atoms with van der Waals surface area (Å²) in [7, 11) is -3.60. The van der Waals surface area contributed by atoms with Crippen LogP contribution in [-0.2, 0) is 10.0 Å². The maximum atomic E-state index is 11.9. The average molecular weight is 358 g/mol. The number of carboxylic acid groups (broad SMARTS) is 1. The molecule has 0 atom stereocenters. The number of aromatic nitrogens is 3. The fourth-order valence-electron chi connectivity index (χ4n) is 2.46. The first kappa shape index (κ1) is 16.7. The Bertz CT molecular complexity index is 1090. The second-order valence-electron chi connectivity index (χ2n) is 5.15. The molecule has 9 heteroatoms. The van der Waals surface area contributed by atoms with Crippen molar-refractivity contribution in [2.75, 3.05) is 4.72 Å². The van der Waals surface area contributed by atoms with Crippen LogP contribution >= 0.6 is 0 Å². The van der Waals surface area contributed by atoms with Gasteiger partial charge in [0.1, 0.15) is 12.0 Å². The minimum Gasteiger partial charge on any atom is -0.478 e. The smallest absolute Gasteiger partial charge is 0.338 e. The molecule has 0 fully saturated rings. The van der Waals surface area contributed by atoms with Gasteiger partial charge in [-0.3, -0.25) is 4.72 Å². The number of allylic oxidation sites excluding steroid dienone is 1. The summed E-state index contributed by atoms with van der Waals surface area (Å²) in [6.07, 6.45) is 4.08. The molecule has 0 saturated heterocycles. The van der Waals surface area contributed by atoms with Gasteiger partial charge in [0.25, 0.3) is 10.0 Å². The van der Waals surface area contributed by atoms with E-state index in [0.717, 1.165) is 5.41 Å². The van der Waals surface area contributed by atoms with E-state index in [1.54, 1.807) is 31.2 Å². The molecule has 0 unspecified atom stereocenters. The van der Waals surface area contributed by atoms with Crippen molar-refractivity contribution in [2.45, 2.75) is 6.92 Å². The van der Waals surface area contributed by atoms with Gasteiger partial charge < -0.3 is 10.1 Å². The summed E-state index contributed by atoms with van der Waals surface area (Å²) in [5, 5.41) is 10.8. The molecule has 0 aliphatic carbocycles. The summed E-state index contributed by atoms with van der Waals surface area (Å²) in [5.74, 6) is -1.10. The summed E-state index contributed by atoms with van der Waals surface area (Å²) in [6, 6.07) is 6.55. The Morgan fingerprint density at radius 3 is 2.84 bits per heavy atom. The van der Waals surface area contributed by atoms with Gasteiger partial charge in [-0.1, -0.05) is 18.2 Å². The van der Waals surface area contributed by atoms with Gasteiger partial charge in [-0.25, -0.2) is 23.2 Å². The van der Waals surface area contributed by atoms with Crippen LogP contribution in [0.15, 0.2) is 48.3 Å². The molecular weight excluding hydrogens is 344 g/mol. The standard InChI is InChI=1S/C16H14N4O4S/c1-2-6-25(23,24)20-11-5-3-4-10(7-11)14-13-12(16(21)22)8-17-15(13)19-9-18-14/h2-9,20H,1H3,(H,21,22)(H,17,18,19)/b6-2+. The number of fused-ring (bicyclic) bond motifs is 1. The van der Waals surface area contributed by atoms with Gasteiger partial charge in [0.15, 0.2) is 0 Å². The van der Waals surface area contributed by atoms with Gasteiger partial charge >= 0.3 is 5.97 Å². The number of carboxylic acids is 1. The lowest BCUT2D eigenvalue weighted by atomic mass is 10.1. The number of hydrogen-bond acceptors (Lipinski definition) is 5. The average Bonchev–Trinajstić information content (AvgIpc) is 2.98. The molecule has 0 amide bonds. The molecule has 0 aliphatic rings. The number of nitrogens with zero attached hydrogens (tertiary/aromatic N) is 2. The van der Waals surface area contributed by atoms with Crippen molar-refractivity contribution in [1.82, 2.24) is 15.0 Å². The molecule has 0 radical (unpaired) electrons. The SMILES string of the molecule is C/C=C/S(=O)(=O)Nc1cccc(-c2ncnc3[nH]cc(C(=O)O)c23)c1. The number of H-pyrrole nitrogens is 1. The third-order valence-electron chi connectivity index (χ3n) is 3.41. The van der Waals surface area contributed by atoms with Crippen LogP contribution in [0.3, 0.4) is 0 Å². The van der Waals surface area contributed by atoms with Gasteiger partial charge in [0.05, 0.1) is 16.6 Å². The zero-order valence-corrected chi connectivity index (χ0v) is 13.9. The Balaban J connectivity index is 2.12. The van der Waals surface area contributed by atoms with E-state index in [-0.39, 0.29) is 5.56 Å². The normalized spacial score (nSPS) is 11.9. The van der Waals surface area contributed by atoms with Crippen molar-refractivity contribution in [2.24, 2.45) is 0 Å². The third-order valence-corrected chi connectivity index (χ3v) is 4.56. The molecule has 0 aliphatic heterocycles. The molecule has 128 valence electrons. The zero-order valence-electron chi connectivity index (χ0n) is 13.1. The Kier molecular flexibility index (Phi) is 4.24. The highest BCUT2D eigenvalue weighted by Gasteiger charge is 2.17. The van der Waals surface area contributed by atoms with Gasteiger partial charge in [-0.05, 0) is 19.1 Å². The second kappa shape index (κ2) is 6.36. The van der Waals surface area contributed by atoms with Crippen molar-refractivity contribution < 1.29 is 18.3 Å². The Morgan fingerprint density at radius 1 is 1.32 bits per heavy atom.